The molecule has 0 spiro atoms. The number of imidazole rings is 1. The molecule has 2 aromatic carbocycles. The third kappa shape index (κ3) is 9.89. The fraction of sp³-hybridized carbons (Fsp3) is 0.357. The predicted molar refractivity (Wildman–Crippen MR) is 138 cm³/mol. The Morgan fingerprint density at radius 1 is 0.892 bits per heavy atom. The van der Waals surface area contributed by atoms with Gasteiger partial charge in [0.15, 0.2) is 0 Å². The maximum absolute atomic E-state index is 13.3. The van der Waals surface area contributed by atoms with Gasteiger partial charge in [-0.2, -0.15) is 0 Å². The van der Waals surface area contributed by atoms with Crippen LogP contribution < -0.4 is 10.6 Å². The first-order valence-corrected chi connectivity index (χ1v) is 12.3. The zero-order valence-electron chi connectivity index (χ0n) is 21.2. The van der Waals surface area contributed by atoms with Crippen LogP contribution in [0.4, 0.5) is 0 Å². The van der Waals surface area contributed by atoms with Crippen molar-refractivity contribution in [3.8, 4) is 0 Å². The van der Waals surface area contributed by atoms with Gasteiger partial charge >= 0.3 is 11.9 Å². The van der Waals surface area contributed by atoms with Crippen LogP contribution in [0.25, 0.3) is 0 Å². The number of nitrogens with zero attached hydrogens (tertiary/aromatic N) is 1. The molecule has 1 amide bonds. The van der Waals surface area contributed by atoms with E-state index in [0.29, 0.717) is 12.1 Å². The number of amides is 1. The molecule has 9 heteroatoms. The van der Waals surface area contributed by atoms with Crippen molar-refractivity contribution in [2.75, 3.05) is 6.54 Å². The van der Waals surface area contributed by atoms with Gasteiger partial charge in [0.1, 0.15) is 19.3 Å². The average Bonchev–Trinajstić information content (AvgIpc) is 3.42. The third-order valence-electron chi connectivity index (χ3n) is 5.56. The van der Waals surface area contributed by atoms with Crippen molar-refractivity contribution in [3.63, 3.8) is 0 Å². The Bertz CT molecular complexity index is 1100. The minimum Gasteiger partial charge on any atom is -0.460 e. The smallest absolute Gasteiger partial charge is 0.328 e. The van der Waals surface area contributed by atoms with Crippen LogP contribution in [0.15, 0.2) is 73.2 Å². The molecule has 0 bridgehead atoms. The van der Waals surface area contributed by atoms with Gasteiger partial charge in [0, 0.05) is 18.3 Å². The van der Waals surface area contributed by atoms with Crippen molar-refractivity contribution in [2.45, 2.75) is 52.0 Å². The molecule has 9 nitrogen and oxygen atoms in total. The van der Waals surface area contributed by atoms with E-state index in [4.69, 9.17) is 9.47 Å². The predicted octanol–water partition coefficient (Wildman–Crippen LogP) is 2.93. The highest BCUT2D eigenvalue weighted by atomic mass is 16.5. The molecule has 37 heavy (non-hydrogen) atoms. The quantitative estimate of drug-likeness (QED) is 0.287. The largest absolute Gasteiger partial charge is 0.460 e. The summed E-state index contributed by atoms with van der Waals surface area (Å²) in [6, 6.07) is 17.1. The van der Waals surface area contributed by atoms with Gasteiger partial charge in [-0.05, 0) is 23.5 Å². The third-order valence-corrected chi connectivity index (χ3v) is 5.56. The molecule has 3 N–H and O–H groups in total. The number of rotatable bonds is 14. The summed E-state index contributed by atoms with van der Waals surface area (Å²) < 4.78 is 10.8. The second-order valence-electron chi connectivity index (χ2n) is 9.14. The lowest BCUT2D eigenvalue weighted by Gasteiger charge is -2.23. The molecule has 1 heterocycles. The number of carbonyl (C=O) groups is 3. The molecule has 3 rings (SSSR count). The minimum absolute atomic E-state index is 0.118. The Hall–Kier alpha value is -3.98. The molecule has 0 unspecified atom stereocenters. The molecule has 0 radical (unpaired) electrons. The Labute approximate surface area is 217 Å². The second kappa shape index (κ2) is 14.5. The lowest BCUT2D eigenvalue weighted by molar-refractivity contribution is -0.150. The molecule has 0 aliphatic carbocycles. The van der Waals surface area contributed by atoms with E-state index in [2.05, 4.69) is 20.6 Å². The van der Waals surface area contributed by atoms with E-state index >= 15 is 0 Å². The van der Waals surface area contributed by atoms with Crippen LogP contribution in [0.3, 0.4) is 0 Å². The lowest BCUT2D eigenvalue weighted by atomic mass is 10.0. The van der Waals surface area contributed by atoms with E-state index in [1.807, 2.05) is 74.5 Å². The Kier molecular flexibility index (Phi) is 10.9. The summed E-state index contributed by atoms with van der Waals surface area (Å²) in [5, 5.41) is 5.78. The number of nitrogens with one attached hydrogen (secondary N) is 3. The van der Waals surface area contributed by atoms with Gasteiger partial charge in [-0.3, -0.25) is 14.9 Å². The number of hydrogen-bond acceptors (Lipinski definition) is 7. The van der Waals surface area contributed by atoms with Gasteiger partial charge in [0.25, 0.3) is 0 Å². The maximum atomic E-state index is 13.3. The first-order chi connectivity index (χ1) is 17.9. The molecule has 2 atom stereocenters. The van der Waals surface area contributed by atoms with Crippen molar-refractivity contribution >= 4 is 17.8 Å². The topological polar surface area (TPSA) is 122 Å². The van der Waals surface area contributed by atoms with Crippen molar-refractivity contribution in [2.24, 2.45) is 5.92 Å². The second-order valence-corrected chi connectivity index (χ2v) is 9.14. The van der Waals surface area contributed by atoms with Crippen molar-refractivity contribution in [1.82, 2.24) is 20.6 Å². The van der Waals surface area contributed by atoms with Crippen LogP contribution in [0, 0.1) is 5.92 Å². The summed E-state index contributed by atoms with van der Waals surface area (Å²) in [5.74, 6) is -1.28. The van der Waals surface area contributed by atoms with Crippen LogP contribution in [0.1, 0.15) is 37.1 Å². The van der Waals surface area contributed by atoms with Crippen LogP contribution in [0.5, 0.6) is 0 Å². The number of ether oxygens (including phenoxy) is 2. The molecular formula is C28H34N4O5. The molecule has 0 saturated heterocycles. The first-order valence-electron chi connectivity index (χ1n) is 12.3. The molecule has 196 valence electrons. The number of benzene rings is 2. The lowest BCUT2D eigenvalue weighted by Crippen LogP contribution is -2.52. The van der Waals surface area contributed by atoms with E-state index in [-0.39, 0.29) is 32.1 Å². The fourth-order valence-corrected chi connectivity index (χ4v) is 3.66. The van der Waals surface area contributed by atoms with Crippen LogP contribution in [-0.2, 0) is 43.5 Å². The molecule has 0 saturated carbocycles. The van der Waals surface area contributed by atoms with Crippen LogP contribution >= 0.6 is 0 Å². The van der Waals surface area contributed by atoms with Crippen molar-refractivity contribution < 1.29 is 23.9 Å². The van der Waals surface area contributed by atoms with E-state index < -0.39 is 29.9 Å². The highest BCUT2D eigenvalue weighted by Gasteiger charge is 2.28. The normalized spacial score (nSPS) is 12.5. The molecular weight excluding hydrogens is 472 g/mol. The van der Waals surface area contributed by atoms with Crippen molar-refractivity contribution in [1.29, 1.82) is 0 Å². The van der Waals surface area contributed by atoms with Crippen LogP contribution in [-0.4, -0.2) is 46.4 Å². The van der Waals surface area contributed by atoms with Gasteiger partial charge in [-0.25, -0.2) is 9.78 Å². The van der Waals surface area contributed by atoms with Gasteiger partial charge in [-0.1, -0.05) is 74.5 Å². The highest BCUT2D eigenvalue weighted by molar-refractivity contribution is 5.88. The number of aromatic nitrogens is 2. The van der Waals surface area contributed by atoms with E-state index in [1.54, 1.807) is 6.20 Å². The zero-order chi connectivity index (χ0) is 26.5. The fourth-order valence-electron chi connectivity index (χ4n) is 3.66. The van der Waals surface area contributed by atoms with E-state index in [0.717, 1.165) is 11.1 Å². The molecule has 3 aromatic rings. The van der Waals surface area contributed by atoms with E-state index in [9.17, 15) is 14.4 Å². The van der Waals surface area contributed by atoms with Gasteiger partial charge in [0.2, 0.25) is 5.91 Å². The van der Waals surface area contributed by atoms with Gasteiger partial charge in [-0.15, -0.1) is 0 Å². The number of H-pyrrole nitrogens is 1. The number of hydrogen-bond donors (Lipinski definition) is 3. The van der Waals surface area contributed by atoms with Crippen LogP contribution in [0.2, 0.25) is 0 Å². The molecule has 0 fully saturated rings. The molecule has 0 aliphatic heterocycles. The SMILES string of the molecule is CC(C)C[C@H](NC(=O)[C@H](Cc1cnc[nH]1)NCC(=O)OCc1ccccc1)C(=O)OCc1ccccc1. The summed E-state index contributed by atoms with van der Waals surface area (Å²) in [6.07, 6.45) is 3.77. The zero-order valence-corrected chi connectivity index (χ0v) is 21.2. The van der Waals surface area contributed by atoms with Gasteiger partial charge in [0.05, 0.1) is 18.9 Å². The Morgan fingerprint density at radius 3 is 2.08 bits per heavy atom. The monoisotopic (exact) mass is 506 g/mol. The van der Waals surface area contributed by atoms with E-state index in [1.165, 1.54) is 6.33 Å². The Balaban J connectivity index is 1.60. The standard InChI is InChI=1S/C28H34N4O5/c1-20(2)13-25(28(35)37-18-22-11-7-4-8-12-22)32-27(34)24(14-23-15-29-19-31-23)30-16-26(33)36-17-21-9-5-3-6-10-21/h3-12,15,19-20,24-25,30H,13-14,16-18H2,1-2H3,(H,29,31)(H,32,34)/t24-,25-/m0/s1. The van der Waals surface area contributed by atoms with Crippen molar-refractivity contribution in [3.05, 3.63) is 90.0 Å². The van der Waals surface area contributed by atoms with Gasteiger partial charge < -0.3 is 19.8 Å². The number of esters is 2. The minimum atomic E-state index is -0.827. The summed E-state index contributed by atoms with van der Waals surface area (Å²) >= 11 is 0. The summed E-state index contributed by atoms with van der Waals surface area (Å²) in [4.78, 5) is 45.4. The Morgan fingerprint density at radius 2 is 1.51 bits per heavy atom. The average molecular weight is 507 g/mol. The number of carbonyl (C=O) groups excluding carboxylic acids is 3. The molecule has 1 aromatic heterocycles. The maximum Gasteiger partial charge on any atom is 0.328 e. The highest BCUT2D eigenvalue weighted by Crippen LogP contribution is 2.10. The summed E-state index contributed by atoms with van der Waals surface area (Å²) in [7, 11) is 0. The summed E-state index contributed by atoms with van der Waals surface area (Å²) in [5.41, 5.74) is 2.43. The number of aromatic amines is 1. The molecule has 0 aliphatic rings. The summed E-state index contributed by atoms with van der Waals surface area (Å²) in [6.45, 7) is 4.02. The first kappa shape index (κ1) is 27.6.